The Labute approximate surface area is 151 Å². The highest BCUT2D eigenvalue weighted by atomic mass is 32.2. The molecule has 0 spiro atoms. The van der Waals surface area contributed by atoms with Crippen LogP contribution in [0.25, 0.3) is 0 Å². The highest BCUT2D eigenvalue weighted by molar-refractivity contribution is 7.89. The number of para-hydroxylation sites is 1. The molecule has 2 rings (SSSR count). The van der Waals surface area contributed by atoms with Gasteiger partial charge in [-0.15, -0.1) is 0 Å². The first-order valence-corrected chi connectivity index (χ1v) is 9.18. The van der Waals surface area contributed by atoms with Gasteiger partial charge in [-0.05, 0) is 43.3 Å². The van der Waals surface area contributed by atoms with Gasteiger partial charge in [-0.2, -0.15) is 0 Å². The second-order valence-corrected chi connectivity index (χ2v) is 6.96. The van der Waals surface area contributed by atoms with Gasteiger partial charge >= 0.3 is 5.97 Å². The second-order valence-electron chi connectivity index (χ2n) is 5.40. The highest BCUT2D eigenvalue weighted by Crippen LogP contribution is 2.17. The average Bonchev–Trinajstić information content (AvgIpc) is 2.61. The Morgan fingerprint density at radius 2 is 1.69 bits per heavy atom. The first-order chi connectivity index (χ1) is 12.2. The number of carbonyl (C=O) groups excluding carboxylic acids is 2. The second kappa shape index (κ2) is 7.98. The first-order valence-electron chi connectivity index (χ1n) is 7.64. The molecule has 0 radical (unpaired) electrons. The molecule has 8 nitrogen and oxygen atoms in total. The van der Waals surface area contributed by atoms with Gasteiger partial charge in [-0.25, -0.2) is 18.4 Å². The molecule has 138 valence electrons. The number of ether oxygens (including phenoxy) is 1. The molecule has 1 amide bonds. The van der Waals surface area contributed by atoms with Crippen LogP contribution >= 0.6 is 0 Å². The maximum absolute atomic E-state index is 12.2. The van der Waals surface area contributed by atoms with E-state index < -0.39 is 28.0 Å². The van der Waals surface area contributed by atoms with Crippen molar-refractivity contribution in [3.05, 3.63) is 54.1 Å². The number of nitrogens with two attached hydrogens (primary N) is 1. The zero-order valence-corrected chi connectivity index (χ0v) is 15.0. The molecule has 1 atom stereocenters. The summed E-state index contributed by atoms with van der Waals surface area (Å²) in [5, 5.41) is 10.4. The minimum absolute atomic E-state index is 0.0707. The number of carbonyl (C=O) groups is 2. The summed E-state index contributed by atoms with van der Waals surface area (Å²) in [4.78, 5) is 24.3. The van der Waals surface area contributed by atoms with Crippen LogP contribution in [0.2, 0.25) is 0 Å². The Morgan fingerprint density at radius 1 is 1.08 bits per heavy atom. The maximum atomic E-state index is 12.2. The van der Waals surface area contributed by atoms with Crippen LogP contribution in [0.3, 0.4) is 0 Å². The lowest BCUT2D eigenvalue weighted by molar-refractivity contribution is -0.123. The lowest BCUT2D eigenvalue weighted by Gasteiger charge is -2.15. The van der Waals surface area contributed by atoms with Crippen molar-refractivity contribution < 1.29 is 22.7 Å². The van der Waals surface area contributed by atoms with E-state index in [4.69, 9.17) is 9.88 Å². The van der Waals surface area contributed by atoms with Crippen LogP contribution in [-0.2, 0) is 19.6 Å². The van der Waals surface area contributed by atoms with Gasteiger partial charge in [-0.1, -0.05) is 12.1 Å². The van der Waals surface area contributed by atoms with E-state index in [-0.39, 0.29) is 4.90 Å². The van der Waals surface area contributed by atoms with Crippen molar-refractivity contribution >= 4 is 33.3 Å². The summed E-state index contributed by atoms with van der Waals surface area (Å²) >= 11 is 0. The number of esters is 1. The van der Waals surface area contributed by atoms with Gasteiger partial charge in [0, 0.05) is 18.4 Å². The minimum atomic E-state index is -3.81. The van der Waals surface area contributed by atoms with Gasteiger partial charge in [0.05, 0.1) is 10.5 Å². The van der Waals surface area contributed by atoms with Crippen LogP contribution in [0.15, 0.2) is 53.4 Å². The topological polar surface area (TPSA) is 128 Å². The predicted octanol–water partition coefficient (Wildman–Crippen LogP) is 1.56. The van der Waals surface area contributed by atoms with Crippen LogP contribution in [0.1, 0.15) is 17.3 Å². The Balaban J connectivity index is 2.02. The number of hydrogen-bond donors (Lipinski definition) is 3. The summed E-state index contributed by atoms with van der Waals surface area (Å²) in [5.41, 5.74) is 1.25. The monoisotopic (exact) mass is 377 g/mol. The molecule has 4 N–H and O–H groups in total. The number of primary sulfonamides is 1. The molecule has 0 aliphatic heterocycles. The van der Waals surface area contributed by atoms with Crippen LogP contribution in [0.5, 0.6) is 0 Å². The fourth-order valence-electron chi connectivity index (χ4n) is 2.13. The molecule has 0 bridgehead atoms. The predicted molar refractivity (Wildman–Crippen MR) is 97.3 cm³/mol. The molecular weight excluding hydrogens is 358 g/mol. The smallest absolute Gasteiger partial charge is 0.341 e. The molecule has 2 aromatic carbocycles. The van der Waals surface area contributed by atoms with E-state index >= 15 is 0 Å². The van der Waals surface area contributed by atoms with Crippen molar-refractivity contribution in [2.75, 3.05) is 17.7 Å². The van der Waals surface area contributed by atoms with Crippen molar-refractivity contribution in [2.24, 2.45) is 5.14 Å². The van der Waals surface area contributed by atoms with Crippen LogP contribution in [-0.4, -0.2) is 33.4 Å². The number of amides is 1. The van der Waals surface area contributed by atoms with Crippen molar-refractivity contribution in [3.63, 3.8) is 0 Å². The number of anilines is 2. The minimum Gasteiger partial charge on any atom is -0.449 e. The molecule has 0 unspecified atom stereocenters. The fourth-order valence-corrected chi connectivity index (χ4v) is 2.64. The van der Waals surface area contributed by atoms with E-state index in [1.165, 1.54) is 31.2 Å². The molecule has 0 aromatic heterocycles. The molecular formula is C17H19N3O5S. The third-order valence-electron chi connectivity index (χ3n) is 3.52. The molecule has 9 heteroatoms. The Bertz CT molecular complexity index is 910. The Morgan fingerprint density at radius 3 is 2.27 bits per heavy atom. The number of benzene rings is 2. The standard InChI is InChI=1S/C17H19N3O5S/c1-11(25-17(22)14-5-3-4-6-15(14)19-2)16(21)20-12-7-9-13(10-8-12)26(18,23)24/h3-11,19H,1-2H3,(H,20,21)(H2,18,23,24)/t11-/m0/s1. The zero-order valence-electron chi connectivity index (χ0n) is 14.2. The number of sulfonamides is 1. The van der Waals surface area contributed by atoms with Crippen molar-refractivity contribution in [3.8, 4) is 0 Å². The maximum Gasteiger partial charge on any atom is 0.341 e. The SMILES string of the molecule is CNc1ccccc1C(=O)O[C@@H](C)C(=O)Nc1ccc(S(N)(=O)=O)cc1. The van der Waals surface area contributed by atoms with Gasteiger partial charge in [-0.3, -0.25) is 4.79 Å². The van der Waals surface area contributed by atoms with Gasteiger partial charge < -0.3 is 15.4 Å². The molecule has 26 heavy (non-hydrogen) atoms. The van der Waals surface area contributed by atoms with Gasteiger partial charge in [0.25, 0.3) is 5.91 Å². The molecule has 0 fully saturated rings. The average molecular weight is 377 g/mol. The number of nitrogens with one attached hydrogen (secondary N) is 2. The summed E-state index contributed by atoms with van der Waals surface area (Å²) < 4.78 is 27.6. The van der Waals surface area contributed by atoms with Crippen molar-refractivity contribution in [1.82, 2.24) is 0 Å². The van der Waals surface area contributed by atoms with Crippen molar-refractivity contribution in [2.45, 2.75) is 17.9 Å². The van der Waals surface area contributed by atoms with Crippen LogP contribution < -0.4 is 15.8 Å². The molecule has 0 saturated heterocycles. The van der Waals surface area contributed by atoms with Gasteiger partial charge in [0.15, 0.2) is 6.10 Å². The Hall–Kier alpha value is -2.91. The molecule has 0 aliphatic carbocycles. The van der Waals surface area contributed by atoms with Gasteiger partial charge in [0.2, 0.25) is 10.0 Å². The largest absolute Gasteiger partial charge is 0.449 e. The lowest BCUT2D eigenvalue weighted by atomic mass is 10.2. The summed E-state index contributed by atoms with van der Waals surface area (Å²) in [6.45, 7) is 1.44. The van der Waals surface area contributed by atoms with Crippen LogP contribution in [0, 0.1) is 0 Å². The zero-order chi connectivity index (χ0) is 19.3. The third-order valence-corrected chi connectivity index (χ3v) is 4.45. The third kappa shape index (κ3) is 4.80. The van der Waals surface area contributed by atoms with Crippen LogP contribution in [0.4, 0.5) is 11.4 Å². The normalized spacial score (nSPS) is 12.1. The summed E-state index contributed by atoms with van der Waals surface area (Å²) in [7, 11) is -2.13. The van der Waals surface area contributed by atoms with E-state index in [1.54, 1.807) is 31.3 Å². The van der Waals surface area contributed by atoms with E-state index in [0.29, 0.717) is 16.9 Å². The summed E-state index contributed by atoms with van der Waals surface area (Å²) in [6.07, 6.45) is -1.05. The lowest BCUT2D eigenvalue weighted by Crippen LogP contribution is -2.30. The molecule has 0 saturated carbocycles. The van der Waals surface area contributed by atoms with E-state index in [1.807, 2.05) is 0 Å². The molecule has 2 aromatic rings. The fraction of sp³-hybridized carbons (Fsp3) is 0.176. The van der Waals surface area contributed by atoms with Crippen molar-refractivity contribution in [1.29, 1.82) is 0 Å². The molecule has 0 aliphatic rings. The van der Waals surface area contributed by atoms with E-state index in [9.17, 15) is 18.0 Å². The number of rotatable bonds is 6. The van der Waals surface area contributed by atoms with Gasteiger partial charge in [0.1, 0.15) is 0 Å². The summed E-state index contributed by atoms with van der Waals surface area (Å²) in [5.74, 6) is -1.19. The van der Waals surface area contributed by atoms with E-state index in [0.717, 1.165) is 0 Å². The van der Waals surface area contributed by atoms with E-state index in [2.05, 4.69) is 10.6 Å². The summed E-state index contributed by atoms with van der Waals surface area (Å²) in [6, 6.07) is 12.1. The quantitative estimate of drug-likeness (QED) is 0.656. The number of hydrogen-bond acceptors (Lipinski definition) is 6. The molecule has 0 heterocycles. The Kier molecular flexibility index (Phi) is 5.96. The highest BCUT2D eigenvalue weighted by Gasteiger charge is 2.20. The first kappa shape index (κ1) is 19.4.